The monoisotopic (exact) mass is 373 g/mol. The van der Waals surface area contributed by atoms with E-state index in [1.165, 1.54) is 0 Å². The molecule has 0 radical (unpaired) electrons. The second kappa shape index (κ2) is 17.8. The number of ketones is 1. The largest absolute Gasteiger partial charge is 0.501 e. The first-order valence-electron chi connectivity index (χ1n) is 8.56. The molecule has 0 saturated heterocycles. The van der Waals surface area contributed by atoms with E-state index in [-0.39, 0.29) is 11.7 Å². The van der Waals surface area contributed by atoms with Crippen molar-refractivity contribution in [1.82, 2.24) is 0 Å². The van der Waals surface area contributed by atoms with Gasteiger partial charge >= 0.3 is 0 Å². The second-order valence-corrected chi connectivity index (χ2v) is 5.40. The highest BCUT2D eigenvalue weighted by Gasteiger charge is 2.05. The van der Waals surface area contributed by atoms with Gasteiger partial charge in [-0.25, -0.2) is 0 Å². The summed E-state index contributed by atoms with van der Waals surface area (Å²) in [5.41, 5.74) is 5.73. The van der Waals surface area contributed by atoms with E-state index in [0.29, 0.717) is 18.4 Å². The smallest absolute Gasteiger partial charge is 0.217 e. The summed E-state index contributed by atoms with van der Waals surface area (Å²) in [7, 11) is 3.23. The van der Waals surface area contributed by atoms with Gasteiger partial charge in [0.05, 0.1) is 20.0 Å². The Morgan fingerprint density at radius 2 is 1.63 bits per heavy atom. The van der Waals surface area contributed by atoms with Gasteiger partial charge in [0.2, 0.25) is 5.91 Å². The number of rotatable bonds is 10. The molecule has 0 aliphatic carbocycles. The van der Waals surface area contributed by atoms with Crippen LogP contribution >= 0.6 is 0 Å². The van der Waals surface area contributed by atoms with Gasteiger partial charge in [0, 0.05) is 18.4 Å². The summed E-state index contributed by atoms with van der Waals surface area (Å²) in [6.07, 6.45) is 14.8. The molecule has 2 N–H and O–H groups in total. The van der Waals surface area contributed by atoms with Gasteiger partial charge in [-0.05, 0) is 50.1 Å². The van der Waals surface area contributed by atoms with Crippen LogP contribution in [-0.4, -0.2) is 25.9 Å². The fourth-order valence-corrected chi connectivity index (χ4v) is 1.92. The fraction of sp³-hybridized carbons (Fsp3) is 0.364. The number of carbonyl (C=O) groups is 2. The Morgan fingerprint density at radius 3 is 2.04 bits per heavy atom. The molecule has 5 nitrogen and oxygen atoms in total. The zero-order valence-electron chi connectivity index (χ0n) is 16.6. The third-order valence-electron chi connectivity index (χ3n) is 3.41. The van der Waals surface area contributed by atoms with Crippen molar-refractivity contribution in [3.05, 3.63) is 54.3 Å². The van der Waals surface area contributed by atoms with Gasteiger partial charge in [-0.15, -0.1) is 12.8 Å². The number of hydrogen-bond acceptors (Lipinski definition) is 4. The van der Waals surface area contributed by atoms with Gasteiger partial charge in [0.15, 0.2) is 5.78 Å². The molecular formula is C22H31NO4. The molecule has 0 unspecified atom stereocenters. The second-order valence-electron chi connectivity index (χ2n) is 5.40. The van der Waals surface area contributed by atoms with Crippen molar-refractivity contribution >= 4 is 11.7 Å². The number of primary amides is 1. The van der Waals surface area contributed by atoms with Gasteiger partial charge < -0.3 is 15.2 Å². The van der Waals surface area contributed by atoms with Crippen molar-refractivity contribution in [3.63, 3.8) is 0 Å². The molecule has 0 aliphatic rings. The number of methoxy groups -OCH3 is 2. The average Bonchev–Trinajstić information content (AvgIpc) is 2.69. The third kappa shape index (κ3) is 15.0. The lowest BCUT2D eigenvalue weighted by Gasteiger charge is -2.03. The summed E-state index contributed by atoms with van der Waals surface area (Å²) in [5, 5.41) is 0. The molecule has 1 aromatic carbocycles. The third-order valence-corrected chi connectivity index (χ3v) is 3.41. The predicted molar refractivity (Wildman–Crippen MR) is 110 cm³/mol. The minimum Gasteiger partial charge on any atom is -0.501 e. The van der Waals surface area contributed by atoms with Crippen molar-refractivity contribution in [2.24, 2.45) is 5.73 Å². The Hall–Kier alpha value is -3.00. The molecule has 27 heavy (non-hydrogen) atoms. The van der Waals surface area contributed by atoms with E-state index in [1.54, 1.807) is 50.6 Å². The van der Waals surface area contributed by atoms with Crippen LogP contribution in [0.1, 0.15) is 49.4 Å². The first-order valence-corrected chi connectivity index (χ1v) is 8.56. The predicted octanol–water partition coefficient (Wildman–Crippen LogP) is 4.29. The lowest BCUT2D eigenvalue weighted by molar-refractivity contribution is -0.118. The SMILES string of the molecule is C#C.C=C/C=C(\C)OC.COc1ccc(C(=O)CCCCCC(N)=O)cc1. The molecule has 0 aromatic heterocycles. The lowest BCUT2D eigenvalue weighted by Crippen LogP contribution is -2.09. The number of terminal acetylenes is 1. The molecule has 0 spiro atoms. The lowest BCUT2D eigenvalue weighted by atomic mass is 10.0. The highest BCUT2D eigenvalue weighted by Crippen LogP contribution is 2.14. The first-order chi connectivity index (χ1) is 12.9. The van der Waals surface area contributed by atoms with Crippen LogP contribution in [0.5, 0.6) is 5.75 Å². The van der Waals surface area contributed by atoms with Crippen molar-refractivity contribution in [1.29, 1.82) is 0 Å². The van der Waals surface area contributed by atoms with E-state index in [0.717, 1.165) is 30.8 Å². The zero-order chi connectivity index (χ0) is 21.1. The topological polar surface area (TPSA) is 78.6 Å². The first kappa shape index (κ1) is 26.2. The van der Waals surface area contributed by atoms with E-state index < -0.39 is 0 Å². The van der Waals surface area contributed by atoms with Crippen LogP contribution in [0.2, 0.25) is 0 Å². The molecular weight excluding hydrogens is 342 g/mol. The minimum atomic E-state index is -0.281. The number of unbranched alkanes of at least 4 members (excludes halogenated alkanes) is 2. The van der Waals surface area contributed by atoms with Crippen LogP contribution in [0.4, 0.5) is 0 Å². The summed E-state index contributed by atoms with van der Waals surface area (Å²) >= 11 is 0. The maximum absolute atomic E-state index is 11.8. The van der Waals surface area contributed by atoms with Crippen LogP contribution in [0, 0.1) is 12.8 Å². The average molecular weight is 373 g/mol. The molecule has 1 rings (SSSR count). The van der Waals surface area contributed by atoms with Crippen molar-refractivity contribution < 1.29 is 19.1 Å². The Morgan fingerprint density at radius 1 is 1.07 bits per heavy atom. The van der Waals surface area contributed by atoms with E-state index in [4.69, 9.17) is 15.2 Å². The molecule has 0 heterocycles. The minimum absolute atomic E-state index is 0.122. The van der Waals surface area contributed by atoms with Crippen LogP contribution in [0.15, 0.2) is 48.8 Å². The summed E-state index contributed by atoms with van der Waals surface area (Å²) in [5.74, 6) is 1.47. The maximum atomic E-state index is 11.8. The molecule has 5 heteroatoms. The fourth-order valence-electron chi connectivity index (χ4n) is 1.92. The number of carbonyl (C=O) groups excluding carboxylic acids is 2. The summed E-state index contributed by atoms with van der Waals surface area (Å²) < 4.78 is 9.81. The van der Waals surface area contributed by atoms with Gasteiger partial charge in [0.25, 0.3) is 0 Å². The maximum Gasteiger partial charge on any atom is 0.217 e. The highest BCUT2D eigenvalue weighted by molar-refractivity contribution is 5.96. The number of nitrogens with two attached hydrogens (primary N) is 1. The van der Waals surface area contributed by atoms with Gasteiger partial charge in [0.1, 0.15) is 5.75 Å². The number of benzene rings is 1. The molecule has 148 valence electrons. The molecule has 1 aromatic rings. The standard InChI is InChI=1S/C14H19NO3.C6H10O.C2H2/c1-18-12-9-7-11(8-10-12)13(16)5-3-2-4-6-14(15)17;1-4-5-6(2)7-3;1-2/h7-10H,2-6H2,1H3,(H2,15,17);4-5H,1H2,2-3H3;1-2H/b;6-5+;. The Balaban J connectivity index is 0. The Kier molecular flexibility index (Phi) is 17.3. The molecule has 0 saturated carbocycles. The summed E-state index contributed by atoms with van der Waals surface area (Å²) in [6, 6.07) is 7.09. The Bertz CT molecular complexity index is 600. The van der Waals surface area contributed by atoms with Gasteiger partial charge in [-0.1, -0.05) is 19.1 Å². The van der Waals surface area contributed by atoms with Crippen LogP contribution in [0.3, 0.4) is 0 Å². The van der Waals surface area contributed by atoms with Crippen LogP contribution in [-0.2, 0) is 9.53 Å². The number of amides is 1. The molecule has 0 atom stereocenters. The van der Waals surface area contributed by atoms with Crippen LogP contribution in [0.25, 0.3) is 0 Å². The van der Waals surface area contributed by atoms with Crippen LogP contribution < -0.4 is 10.5 Å². The van der Waals surface area contributed by atoms with E-state index in [9.17, 15) is 9.59 Å². The van der Waals surface area contributed by atoms with Gasteiger partial charge in [-0.3, -0.25) is 9.59 Å². The molecule has 0 aliphatic heterocycles. The molecule has 0 bridgehead atoms. The normalized spacial score (nSPS) is 9.59. The number of Topliss-reactive ketones (excluding diaryl/α,β-unsaturated/α-hetero) is 1. The molecule has 1 amide bonds. The van der Waals surface area contributed by atoms with E-state index >= 15 is 0 Å². The number of allylic oxidation sites excluding steroid dienone is 3. The highest BCUT2D eigenvalue weighted by atomic mass is 16.5. The summed E-state index contributed by atoms with van der Waals surface area (Å²) in [4.78, 5) is 22.3. The quantitative estimate of drug-likeness (QED) is 0.218. The Labute approximate surface area is 163 Å². The van der Waals surface area contributed by atoms with E-state index in [2.05, 4.69) is 19.4 Å². The zero-order valence-corrected chi connectivity index (χ0v) is 16.6. The van der Waals surface area contributed by atoms with E-state index in [1.807, 2.05) is 6.92 Å². The van der Waals surface area contributed by atoms with Crippen molar-refractivity contribution in [2.75, 3.05) is 14.2 Å². The molecule has 0 fully saturated rings. The van der Waals surface area contributed by atoms with Crippen molar-refractivity contribution in [3.8, 4) is 18.6 Å². The van der Waals surface area contributed by atoms with Crippen molar-refractivity contribution in [2.45, 2.75) is 39.0 Å². The summed E-state index contributed by atoms with van der Waals surface area (Å²) in [6.45, 7) is 5.37. The van der Waals surface area contributed by atoms with Gasteiger partial charge in [-0.2, -0.15) is 0 Å². The number of hydrogen-bond donors (Lipinski definition) is 1. The number of ether oxygens (including phenoxy) is 2.